The van der Waals surface area contributed by atoms with Crippen LogP contribution in [0.25, 0.3) is 11.4 Å². The molecule has 3 aromatic carbocycles. The van der Waals surface area contributed by atoms with Gasteiger partial charge in [0.15, 0.2) is 0 Å². The smallest absolute Gasteiger partial charge is 0.248 e. The molecule has 7 heteroatoms. The van der Waals surface area contributed by atoms with Gasteiger partial charge in [-0.2, -0.15) is 4.98 Å². The maximum atomic E-state index is 13.0. The van der Waals surface area contributed by atoms with Crippen LogP contribution >= 0.6 is 0 Å². The Labute approximate surface area is 205 Å². The van der Waals surface area contributed by atoms with Crippen LogP contribution in [0.15, 0.2) is 89.5 Å². The second kappa shape index (κ2) is 12.5. The van der Waals surface area contributed by atoms with Crippen LogP contribution in [-0.4, -0.2) is 47.8 Å². The molecular weight excluding hydrogens is 442 g/mol. The van der Waals surface area contributed by atoms with Gasteiger partial charge in [0.25, 0.3) is 0 Å². The van der Waals surface area contributed by atoms with E-state index in [4.69, 9.17) is 14.0 Å². The van der Waals surface area contributed by atoms with E-state index in [9.17, 15) is 4.79 Å². The van der Waals surface area contributed by atoms with Crippen molar-refractivity contribution in [2.45, 2.75) is 19.4 Å². The lowest BCUT2D eigenvalue weighted by Gasteiger charge is -2.22. The molecule has 4 aromatic rings. The first kappa shape index (κ1) is 24.2. The fraction of sp³-hybridized carbons (Fsp3) is 0.250. The van der Waals surface area contributed by atoms with E-state index in [1.54, 1.807) is 12.0 Å². The van der Waals surface area contributed by atoms with Gasteiger partial charge in [0, 0.05) is 25.1 Å². The molecule has 0 radical (unpaired) electrons. The normalized spacial score (nSPS) is 10.8. The lowest BCUT2D eigenvalue weighted by atomic mass is 10.1. The molecule has 180 valence electrons. The first-order valence-corrected chi connectivity index (χ1v) is 11.6. The number of ether oxygens (including phenoxy) is 2. The molecule has 0 fully saturated rings. The van der Waals surface area contributed by atoms with Crippen LogP contribution in [0, 0.1) is 0 Å². The monoisotopic (exact) mass is 471 g/mol. The first-order valence-electron chi connectivity index (χ1n) is 11.6. The summed E-state index contributed by atoms with van der Waals surface area (Å²) in [4.78, 5) is 19.3. The molecule has 0 aliphatic carbocycles. The van der Waals surface area contributed by atoms with Crippen LogP contribution < -0.4 is 4.74 Å². The van der Waals surface area contributed by atoms with E-state index in [0.717, 1.165) is 23.3 Å². The Kier molecular flexibility index (Phi) is 8.62. The molecule has 0 N–H and O–H groups in total. The predicted octanol–water partition coefficient (Wildman–Crippen LogP) is 4.58. The summed E-state index contributed by atoms with van der Waals surface area (Å²) >= 11 is 0. The molecule has 0 saturated heterocycles. The summed E-state index contributed by atoms with van der Waals surface area (Å²) in [5, 5.41) is 4.09. The second-order valence-corrected chi connectivity index (χ2v) is 8.09. The number of carbonyl (C=O) groups excluding carboxylic acids is 1. The standard InChI is InChI=1S/C28H29N3O4/c1-33-25-14-8-13-24(19-25)28-29-26(35-30-28)16-18-31(17-15-22-9-4-2-5-10-22)27(32)21-34-20-23-11-6-3-7-12-23/h2-14,19H,15-18,20-21H2,1H3. The highest BCUT2D eigenvalue weighted by atomic mass is 16.5. The van der Waals surface area contributed by atoms with Gasteiger partial charge in [0.1, 0.15) is 12.4 Å². The quantitative estimate of drug-likeness (QED) is 0.301. The molecule has 0 aliphatic heterocycles. The number of methoxy groups -OCH3 is 1. The Morgan fingerprint density at radius 1 is 0.886 bits per heavy atom. The van der Waals surface area contributed by atoms with Crippen molar-refractivity contribution in [3.8, 4) is 17.1 Å². The molecule has 35 heavy (non-hydrogen) atoms. The molecule has 0 aliphatic rings. The Morgan fingerprint density at radius 3 is 2.34 bits per heavy atom. The number of rotatable bonds is 12. The summed E-state index contributed by atoms with van der Waals surface area (Å²) in [5.74, 6) is 1.63. The highest BCUT2D eigenvalue weighted by Crippen LogP contribution is 2.21. The fourth-order valence-electron chi connectivity index (χ4n) is 3.66. The number of benzene rings is 3. The third kappa shape index (κ3) is 7.25. The number of nitrogens with zero attached hydrogens (tertiary/aromatic N) is 3. The molecule has 0 spiro atoms. The highest BCUT2D eigenvalue weighted by Gasteiger charge is 2.17. The zero-order valence-electron chi connectivity index (χ0n) is 19.8. The van der Waals surface area contributed by atoms with Crippen LogP contribution in [0.4, 0.5) is 0 Å². The van der Waals surface area contributed by atoms with E-state index in [-0.39, 0.29) is 12.5 Å². The summed E-state index contributed by atoms with van der Waals surface area (Å²) in [5.41, 5.74) is 3.02. The van der Waals surface area contributed by atoms with Crippen molar-refractivity contribution in [3.63, 3.8) is 0 Å². The minimum absolute atomic E-state index is 0.0164. The number of carbonyl (C=O) groups is 1. The maximum Gasteiger partial charge on any atom is 0.248 e. The van der Waals surface area contributed by atoms with E-state index < -0.39 is 0 Å². The summed E-state index contributed by atoms with van der Waals surface area (Å²) < 4.78 is 16.4. The Hall–Kier alpha value is -3.97. The second-order valence-electron chi connectivity index (χ2n) is 8.09. The lowest BCUT2D eigenvalue weighted by Crippen LogP contribution is -2.37. The number of aromatic nitrogens is 2. The van der Waals surface area contributed by atoms with Crippen LogP contribution in [0.3, 0.4) is 0 Å². The largest absolute Gasteiger partial charge is 0.497 e. The number of amides is 1. The summed E-state index contributed by atoms with van der Waals surface area (Å²) in [6.07, 6.45) is 1.21. The van der Waals surface area contributed by atoms with Crippen molar-refractivity contribution in [1.82, 2.24) is 15.0 Å². The van der Waals surface area contributed by atoms with Crippen LogP contribution in [0.2, 0.25) is 0 Å². The van der Waals surface area contributed by atoms with E-state index >= 15 is 0 Å². The van der Waals surface area contributed by atoms with E-state index in [1.807, 2.05) is 72.8 Å². The molecular formula is C28H29N3O4. The zero-order chi connectivity index (χ0) is 24.3. The first-order chi connectivity index (χ1) is 17.2. The van der Waals surface area contributed by atoms with Gasteiger partial charge in [-0.25, -0.2) is 0 Å². The fourth-order valence-corrected chi connectivity index (χ4v) is 3.66. The summed E-state index contributed by atoms with van der Waals surface area (Å²) in [7, 11) is 1.62. The van der Waals surface area contributed by atoms with Gasteiger partial charge in [0.2, 0.25) is 17.6 Å². The predicted molar refractivity (Wildman–Crippen MR) is 133 cm³/mol. The van der Waals surface area contributed by atoms with Gasteiger partial charge in [-0.15, -0.1) is 0 Å². The summed E-state index contributed by atoms with van der Waals surface area (Å²) in [6, 6.07) is 27.4. The topological polar surface area (TPSA) is 77.7 Å². The van der Waals surface area contributed by atoms with Gasteiger partial charge < -0.3 is 18.9 Å². The summed E-state index contributed by atoms with van der Waals surface area (Å²) in [6.45, 7) is 1.45. The van der Waals surface area contributed by atoms with Crippen molar-refractivity contribution >= 4 is 5.91 Å². The van der Waals surface area contributed by atoms with Gasteiger partial charge in [-0.1, -0.05) is 78.0 Å². The SMILES string of the molecule is COc1cccc(-c2noc(CCN(CCc3ccccc3)C(=O)COCc3ccccc3)n2)c1. The lowest BCUT2D eigenvalue weighted by molar-refractivity contribution is -0.136. The Bertz CT molecular complexity index is 1200. The Balaban J connectivity index is 1.37. The van der Waals surface area contributed by atoms with E-state index in [0.29, 0.717) is 37.8 Å². The maximum absolute atomic E-state index is 13.0. The van der Waals surface area contributed by atoms with Crippen LogP contribution in [0.1, 0.15) is 17.0 Å². The van der Waals surface area contributed by atoms with Gasteiger partial charge in [-0.05, 0) is 29.7 Å². The third-order valence-corrected chi connectivity index (χ3v) is 5.59. The Morgan fingerprint density at radius 2 is 1.60 bits per heavy atom. The van der Waals surface area contributed by atoms with Crippen molar-refractivity contribution in [2.75, 3.05) is 26.8 Å². The van der Waals surface area contributed by atoms with Crippen LogP contribution in [-0.2, 0) is 29.0 Å². The molecule has 0 bridgehead atoms. The minimum Gasteiger partial charge on any atom is -0.497 e. The molecule has 1 heterocycles. The number of hydrogen-bond donors (Lipinski definition) is 0. The third-order valence-electron chi connectivity index (χ3n) is 5.59. The molecule has 7 nitrogen and oxygen atoms in total. The van der Waals surface area contributed by atoms with Crippen molar-refractivity contribution in [2.24, 2.45) is 0 Å². The van der Waals surface area contributed by atoms with Crippen LogP contribution in [0.5, 0.6) is 5.75 Å². The molecule has 1 aromatic heterocycles. The van der Waals surface area contributed by atoms with Crippen molar-refractivity contribution in [1.29, 1.82) is 0 Å². The molecule has 0 atom stereocenters. The van der Waals surface area contributed by atoms with Crippen molar-refractivity contribution < 1.29 is 18.8 Å². The van der Waals surface area contributed by atoms with Crippen molar-refractivity contribution in [3.05, 3.63) is 102 Å². The minimum atomic E-state index is -0.0654. The number of hydrogen-bond acceptors (Lipinski definition) is 6. The molecule has 0 saturated carbocycles. The van der Waals surface area contributed by atoms with Gasteiger partial charge >= 0.3 is 0 Å². The average molecular weight is 472 g/mol. The van der Waals surface area contributed by atoms with Gasteiger partial charge in [0.05, 0.1) is 13.7 Å². The van der Waals surface area contributed by atoms with Gasteiger partial charge in [-0.3, -0.25) is 4.79 Å². The molecule has 1 amide bonds. The molecule has 4 rings (SSSR count). The van der Waals surface area contributed by atoms with E-state index in [2.05, 4.69) is 22.3 Å². The zero-order valence-corrected chi connectivity index (χ0v) is 19.8. The molecule has 0 unspecified atom stereocenters. The van der Waals surface area contributed by atoms with E-state index in [1.165, 1.54) is 5.56 Å². The average Bonchev–Trinajstić information content (AvgIpc) is 3.39. The highest BCUT2D eigenvalue weighted by molar-refractivity contribution is 5.77.